The van der Waals surface area contributed by atoms with Crippen molar-refractivity contribution >= 4 is 23.2 Å². The first-order valence-electron chi connectivity index (χ1n) is 10.1. The lowest BCUT2D eigenvalue weighted by molar-refractivity contribution is -0.137. The number of aromatic nitrogens is 2. The lowest BCUT2D eigenvalue weighted by atomic mass is 10.1. The van der Waals surface area contributed by atoms with Crippen LogP contribution in [0.3, 0.4) is 0 Å². The fraction of sp³-hybridized carbons (Fsp3) is 0.217. The second-order valence-electron chi connectivity index (χ2n) is 7.66. The van der Waals surface area contributed by atoms with E-state index in [0.29, 0.717) is 6.42 Å². The van der Waals surface area contributed by atoms with Crippen LogP contribution in [0.5, 0.6) is 0 Å². The molecule has 0 spiro atoms. The number of fused-ring (bicyclic) bond motifs is 1. The molecule has 0 radical (unpaired) electrons. The lowest BCUT2D eigenvalue weighted by Crippen LogP contribution is -2.38. The first-order chi connectivity index (χ1) is 15.6. The Morgan fingerprint density at radius 2 is 1.76 bits per heavy atom. The zero-order valence-corrected chi connectivity index (χ0v) is 17.5. The van der Waals surface area contributed by atoms with Gasteiger partial charge in [0, 0.05) is 17.8 Å². The van der Waals surface area contributed by atoms with Gasteiger partial charge in [0.15, 0.2) is 0 Å². The van der Waals surface area contributed by atoms with Crippen molar-refractivity contribution in [3.63, 3.8) is 0 Å². The molecule has 10 heteroatoms. The van der Waals surface area contributed by atoms with Crippen molar-refractivity contribution in [2.75, 3.05) is 10.2 Å². The van der Waals surface area contributed by atoms with Gasteiger partial charge in [-0.05, 0) is 43.2 Å². The van der Waals surface area contributed by atoms with E-state index in [1.54, 1.807) is 4.90 Å². The third kappa shape index (κ3) is 4.50. The second kappa shape index (κ2) is 8.53. The van der Waals surface area contributed by atoms with Crippen molar-refractivity contribution in [2.24, 2.45) is 0 Å². The summed E-state index contributed by atoms with van der Waals surface area (Å²) in [5.41, 5.74) is -0.408. The number of carbonyl (C=O) groups excluding carboxylic acids is 2. The topological polar surface area (TPSA) is 84.3 Å². The van der Waals surface area contributed by atoms with E-state index < -0.39 is 41.3 Å². The molecule has 33 heavy (non-hydrogen) atoms. The number of nitrogens with zero attached hydrogens (tertiary/aromatic N) is 3. The van der Waals surface area contributed by atoms with Gasteiger partial charge in [-0.25, -0.2) is 4.68 Å². The molecule has 0 fully saturated rings. The van der Waals surface area contributed by atoms with Gasteiger partial charge in [0.25, 0.3) is 11.5 Å². The van der Waals surface area contributed by atoms with Gasteiger partial charge in [0.1, 0.15) is 12.2 Å². The third-order valence-electron chi connectivity index (χ3n) is 5.31. The highest BCUT2D eigenvalue weighted by Gasteiger charge is 2.34. The van der Waals surface area contributed by atoms with Crippen molar-refractivity contribution < 1.29 is 22.8 Å². The summed E-state index contributed by atoms with van der Waals surface area (Å²) in [4.78, 5) is 39.3. The summed E-state index contributed by atoms with van der Waals surface area (Å²) in [5, 5.41) is 6.17. The molecule has 2 amide bonds. The van der Waals surface area contributed by atoms with Crippen LogP contribution in [0.2, 0.25) is 0 Å². The van der Waals surface area contributed by atoms with E-state index >= 15 is 0 Å². The summed E-state index contributed by atoms with van der Waals surface area (Å²) in [7, 11) is 0. The van der Waals surface area contributed by atoms with Crippen molar-refractivity contribution in [2.45, 2.75) is 32.1 Å². The molecular weight excluding hydrogens is 437 g/mol. The van der Waals surface area contributed by atoms with Crippen LogP contribution in [0.1, 0.15) is 28.5 Å². The van der Waals surface area contributed by atoms with Gasteiger partial charge < -0.3 is 10.2 Å². The fourth-order valence-corrected chi connectivity index (χ4v) is 3.84. The number of para-hydroxylation sites is 2. The SMILES string of the molecule is CC1Cc2ccccc2N1C(=O)c1ccc(=O)n(CC(=O)Nc2ccccc2C(F)(F)F)n1. The highest BCUT2D eigenvalue weighted by molar-refractivity contribution is 6.06. The first-order valence-corrected chi connectivity index (χ1v) is 10.1. The van der Waals surface area contributed by atoms with Crippen molar-refractivity contribution in [1.29, 1.82) is 0 Å². The number of carbonyl (C=O) groups is 2. The molecule has 0 aliphatic carbocycles. The number of amides is 2. The maximum atomic E-state index is 13.2. The Kier molecular flexibility index (Phi) is 5.75. The van der Waals surface area contributed by atoms with Crippen LogP contribution in [0.25, 0.3) is 0 Å². The molecule has 7 nitrogen and oxygen atoms in total. The van der Waals surface area contributed by atoms with Gasteiger partial charge in [-0.2, -0.15) is 18.3 Å². The summed E-state index contributed by atoms with van der Waals surface area (Å²) in [6.45, 7) is 1.23. The molecule has 0 saturated carbocycles. The Labute approximate surface area is 186 Å². The molecule has 3 aromatic rings. The normalized spacial score (nSPS) is 15.3. The summed E-state index contributed by atoms with van der Waals surface area (Å²) < 4.78 is 40.2. The number of nitrogens with one attached hydrogen (secondary N) is 1. The van der Waals surface area contributed by atoms with Crippen LogP contribution in [0.15, 0.2) is 65.5 Å². The Bertz CT molecular complexity index is 1290. The Hall–Kier alpha value is -3.95. The highest BCUT2D eigenvalue weighted by atomic mass is 19.4. The van der Waals surface area contributed by atoms with Crippen LogP contribution in [0, 0.1) is 0 Å². The number of benzene rings is 2. The number of halogens is 3. The first kappa shape index (κ1) is 22.3. The van der Waals surface area contributed by atoms with Gasteiger partial charge in [-0.1, -0.05) is 30.3 Å². The molecule has 0 saturated heterocycles. The van der Waals surface area contributed by atoms with Crippen LogP contribution in [0.4, 0.5) is 24.5 Å². The average molecular weight is 456 g/mol. The average Bonchev–Trinajstić information content (AvgIpc) is 3.10. The van der Waals surface area contributed by atoms with Gasteiger partial charge in [-0.15, -0.1) is 0 Å². The van der Waals surface area contributed by atoms with E-state index in [2.05, 4.69) is 10.4 Å². The number of rotatable bonds is 4. The molecule has 2 aromatic carbocycles. The number of hydrogen-bond acceptors (Lipinski definition) is 4. The minimum atomic E-state index is -4.66. The van der Waals surface area contributed by atoms with Gasteiger partial charge in [0.05, 0.1) is 11.3 Å². The van der Waals surface area contributed by atoms with E-state index in [9.17, 15) is 27.6 Å². The predicted molar refractivity (Wildman–Crippen MR) is 115 cm³/mol. The van der Waals surface area contributed by atoms with Crippen LogP contribution < -0.4 is 15.8 Å². The molecule has 1 aliphatic rings. The van der Waals surface area contributed by atoms with Crippen molar-refractivity contribution in [3.05, 3.63) is 87.8 Å². The van der Waals surface area contributed by atoms with Crippen molar-refractivity contribution in [1.82, 2.24) is 9.78 Å². The van der Waals surface area contributed by atoms with Crippen LogP contribution in [-0.4, -0.2) is 27.6 Å². The smallest absolute Gasteiger partial charge is 0.324 e. The molecule has 4 rings (SSSR count). The Morgan fingerprint density at radius 3 is 2.52 bits per heavy atom. The molecule has 0 bridgehead atoms. The predicted octanol–water partition coefficient (Wildman–Crippen LogP) is 3.49. The zero-order chi connectivity index (χ0) is 23.8. The minimum Gasteiger partial charge on any atom is -0.324 e. The quantitative estimate of drug-likeness (QED) is 0.652. The molecule has 1 aromatic heterocycles. The van der Waals surface area contributed by atoms with E-state index in [-0.39, 0.29) is 11.7 Å². The van der Waals surface area contributed by atoms with E-state index in [4.69, 9.17) is 0 Å². The number of anilines is 2. The Balaban J connectivity index is 1.56. The zero-order valence-electron chi connectivity index (χ0n) is 17.5. The van der Waals surface area contributed by atoms with Crippen LogP contribution >= 0.6 is 0 Å². The summed E-state index contributed by atoms with van der Waals surface area (Å²) in [6.07, 6.45) is -3.99. The fourth-order valence-electron chi connectivity index (χ4n) is 3.84. The maximum Gasteiger partial charge on any atom is 0.418 e. The summed E-state index contributed by atoms with van der Waals surface area (Å²) in [6, 6.07) is 14.2. The largest absolute Gasteiger partial charge is 0.418 e. The lowest BCUT2D eigenvalue weighted by Gasteiger charge is -2.22. The molecule has 1 aliphatic heterocycles. The summed E-state index contributed by atoms with van der Waals surface area (Å²) in [5.74, 6) is -1.32. The highest BCUT2D eigenvalue weighted by Crippen LogP contribution is 2.35. The standard InChI is InChI=1S/C23H19F3N4O3/c1-14-12-15-6-2-5-9-19(15)30(14)22(33)18-10-11-21(32)29(28-18)13-20(31)27-17-8-4-3-7-16(17)23(24,25)26/h2-11,14H,12-13H2,1H3,(H,27,31). The molecule has 1 unspecified atom stereocenters. The van der Waals surface area contributed by atoms with Gasteiger partial charge in [0.2, 0.25) is 5.91 Å². The monoisotopic (exact) mass is 456 g/mol. The van der Waals surface area contributed by atoms with Gasteiger partial charge in [-0.3, -0.25) is 14.4 Å². The number of alkyl halides is 3. The molecule has 1 atom stereocenters. The molecule has 170 valence electrons. The maximum absolute atomic E-state index is 13.2. The van der Waals surface area contributed by atoms with E-state index in [1.807, 2.05) is 31.2 Å². The van der Waals surface area contributed by atoms with Crippen LogP contribution in [-0.2, 0) is 23.9 Å². The van der Waals surface area contributed by atoms with E-state index in [1.165, 1.54) is 18.2 Å². The van der Waals surface area contributed by atoms with Crippen molar-refractivity contribution in [3.8, 4) is 0 Å². The Morgan fingerprint density at radius 1 is 1.06 bits per heavy atom. The third-order valence-corrected chi connectivity index (χ3v) is 5.31. The minimum absolute atomic E-state index is 0.0540. The summed E-state index contributed by atoms with van der Waals surface area (Å²) >= 11 is 0. The second-order valence-corrected chi connectivity index (χ2v) is 7.66. The van der Waals surface area contributed by atoms with E-state index in [0.717, 1.165) is 34.1 Å². The number of hydrogen-bond donors (Lipinski definition) is 1. The molecular formula is C23H19F3N4O3. The molecule has 1 N–H and O–H groups in total. The van der Waals surface area contributed by atoms with Gasteiger partial charge >= 0.3 is 6.18 Å². The molecule has 2 heterocycles.